The van der Waals surface area contributed by atoms with E-state index in [1.165, 1.54) is 15.7 Å². The van der Waals surface area contributed by atoms with Crippen molar-refractivity contribution in [3.05, 3.63) is 82.4 Å². The van der Waals surface area contributed by atoms with Crippen LogP contribution < -0.4 is 11.5 Å². The molecule has 62 heavy (non-hydrogen) atoms. The summed E-state index contributed by atoms with van der Waals surface area (Å²) in [6.45, 7) is 26.5. The molecule has 5 aromatic rings. The number of azo groups is 2. The Kier molecular flexibility index (Phi) is 14.8. The van der Waals surface area contributed by atoms with E-state index < -0.39 is 10.8 Å². The smallest absolute Gasteiger partial charge is 0.256 e. The van der Waals surface area contributed by atoms with Crippen LogP contribution in [0.15, 0.2) is 69.2 Å². The predicted octanol–water partition coefficient (Wildman–Crippen LogP) is 10.6. The molecule has 0 radical (unpaired) electrons. The lowest BCUT2D eigenvalue weighted by atomic mass is 9.91. The molecule has 2 amide bonds. The minimum absolute atomic E-state index is 0.0971. The van der Waals surface area contributed by atoms with Gasteiger partial charge < -0.3 is 21.3 Å². The highest BCUT2D eigenvalue weighted by Gasteiger charge is 2.30. The van der Waals surface area contributed by atoms with Gasteiger partial charge in [0.2, 0.25) is 0 Å². The van der Waals surface area contributed by atoms with Crippen molar-refractivity contribution in [2.45, 2.75) is 120 Å². The number of rotatable bonds is 16. The summed E-state index contributed by atoms with van der Waals surface area (Å²) in [6.07, 6.45) is 5.16. The fourth-order valence-electron chi connectivity index (χ4n) is 6.95. The highest BCUT2D eigenvalue weighted by molar-refractivity contribution is 6.00. The molecule has 0 fully saturated rings. The molecule has 0 aliphatic carbocycles. The van der Waals surface area contributed by atoms with Crippen LogP contribution >= 0.6 is 0 Å². The van der Waals surface area contributed by atoms with E-state index in [4.69, 9.17) is 31.9 Å². The number of amides is 2. The summed E-state index contributed by atoms with van der Waals surface area (Å²) in [7, 11) is 0. The molecular formula is C46H64N14O2. The number of carbonyl (C=O) groups excluding carboxylic acids is 2. The summed E-state index contributed by atoms with van der Waals surface area (Å²) in [6, 6.07) is 12.8. The Balaban J connectivity index is 1.58. The van der Waals surface area contributed by atoms with Gasteiger partial charge in [-0.3, -0.25) is 9.59 Å². The van der Waals surface area contributed by atoms with Crippen molar-refractivity contribution in [2.75, 3.05) is 37.6 Å². The molecule has 3 aromatic heterocycles. The Morgan fingerprint density at radius 2 is 0.984 bits per heavy atom. The molecule has 0 bridgehead atoms. The summed E-state index contributed by atoms with van der Waals surface area (Å²) < 4.78 is 2.99. The first kappa shape index (κ1) is 46.7. The summed E-state index contributed by atoms with van der Waals surface area (Å²) in [4.78, 5) is 40.2. The van der Waals surface area contributed by atoms with Crippen molar-refractivity contribution >= 4 is 46.2 Å². The molecule has 0 atom stereocenters. The van der Waals surface area contributed by atoms with Crippen molar-refractivity contribution in [1.82, 2.24) is 39.3 Å². The third-order valence-electron chi connectivity index (χ3n) is 10.6. The second kappa shape index (κ2) is 19.6. The van der Waals surface area contributed by atoms with E-state index >= 15 is 0 Å². The normalized spacial score (nSPS) is 12.2. The van der Waals surface area contributed by atoms with Crippen molar-refractivity contribution < 1.29 is 9.59 Å². The number of hydrogen-bond acceptors (Lipinski definition) is 12. The van der Waals surface area contributed by atoms with Crippen molar-refractivity contribution in [3.63, 3.8) is 0 Å². The zero-order chi connectivity index (χ0) is 45.5. The van der Waals surface area contributed by atoms with Crippen LogP contribution in [0.4, 0.5) is 34.4 Å². The number of aromatic nitrogens is 6. The first-order valence-corrected chi connectivity index (χ1v) is 21.6. The van der Waals surface area contributed by atoms with Crippen LogP contribution in [0.2, 0.25) is 0 Å². The first-order valence-electron chi connectivity index (χ1n) is 21.6. The van der Waals surface area contributed by atoms with E-state index in [1.54, 1.807) is 18.2 Å². The minimum atomic E-state index is -0.507. The molecule has 4 N–H and O–H groups in total. The molecular weight excluding hydrogens is 781 g/mol. The standard InChI is InChI=1S/C46H64N14O2/c1-13-17-25-57(15-3)43(61)31-23-19-21-29(5)35(31)51-53-37-39(45(7,8)9)55-59(41(37)47)33-27-34(50-28-49-33)60-42(48)38(40(56-60)46(10,11)12)54-52-36-30(6)22-20-24-32(36)44(62)58(16-4)26-18-14-2/h19-24,27-28H,13-18,25-26,47-48H2,1-12H3. The third kappa shape index (κ3) is 10.1. The molecule has 0 unspecified atom stereocenters. The van der Waals surface area contributed by atoms with E-state index in [2.05, 4.69) is 34.0 Å². The number of unbranched alkanes of at least 4 members (excludes halogenated alkanes) is 2. The molecule has 5 rings (SSSR count). The van der Waals surface area contributed by atoms with Crippen molar-refractivity contribution in [2.24, 2.45) is 20.5 Å². The van der Waals surface area contributed by atoms with Crippen LogP contribution in [0.25, 0.3) is 11.6 Å². The van der Waals surface area contributed by atoms with Crippen molar-refractivity contribution in [1.29, 1.82) is 0 Å². The van der Waals surface area contributed by atoms with E-state index in [-0.39, 0.29) is 23.5 Å². The fourth-order valence-corrected chi connectivity index (χ4v) is 6.95. The van der Waals surface area contributed by atoms with Gasteiger partial charge in [0.1, 0.15) is 17.7 Å². The van der Waals surface area contributed by atoms with Crippen molar-refractivity contribution in [3.8, 4) is 11.6 Å². The maximum absolute atomic E-state index is 13.7. The highest BCUT2D eigenvalue weighted by Crippen LogP contribution is 2.41. The van der Waals surface area contributed by atoms with Crippen LogP contribution in [0.3, 0.4) is 0 Å². The number of benzene rings is 2. The molecule has 0 saturated carbocycles. The van der Waals surface area contributed by atoms with Crippen LogP contribution in [0, 0.1) is 13.8 Å². The summed E-state index contributed by atoms with van der Waals surface area (Å²) in [5.74, 6) is 0.868. The Bertz CT molecular complexity index is 2280. The van der Waals surface area contributed by atoms with Crippen LogP contribution in [-0.2, 0) is 10.8 Å². The lowest BCUT2D eigenvalue weighted by molar-refractivity contribution is 0.0755. The number of nitrogens with two attached hydrogens (primary N) is 2. The molecule has 0 spiro atoms. The topological polar surface area (TPSA) is 204 Å². The van der Waals surface area contributed by atoms with Gasteiger partial charge in [0.15, 0.2) is 34.6 Å². The number of carbonyl (C=O) groups is 2. The number of nitrogens with zero attached hydrogens (tertiary/aromatic N) is 12. The van der Waals surface area contributed by atoms with Crippen LogP contribution in [-0.4, -0.2) is 77.3 Å². The molecule has 16 nitrogen and oxygen atoms in total. The highest BCUT2D eigenvalue weighted by atomic mass is 16.2. The van der Waals surface area contributed by atoms with Gasteiger partial charge in [0.05, 0.1) is 22.5 Å². The second-order valence-electron chi connectivity index (χ2n) is 17.5. The zero-order valence-electron chi connectivity index (χ0n) is 38.6. The van der Waals surface area contributed by atoms with Gasteiger partial charge in [0.25, 0.3) is 11.8 Å². The lowest BCUT2D eigenvalue weighted by Crippen LogP contribution is -2.31. The number of anilines is 2. The molecule has 0 aliphatic heterocycles. The van der Waals surface area contributed by atoms with E-state index in [9.17, 15) is 9.59 Å². The maximum atomic E-state index is 13.7. The van der Waals surface area contributed by atoms with Gasteiger partial charge in [-0.25, -0.2) is 9.97 Å². The Labute approximate surface area is 365 Å². The molecule has 0 aliphatic rings. The predicted molar refractivity (Wildman–Crippen MR) is 246 cm³/mol. The maximum Gasteiger partial charge on any atom is 0.256 e. The van der Waals surface area contributed by atoms with E-state index in [0.29, 0.717) is 83.1 Å². The van der Waals surface area contributed by atoms with Gasteiger partial charge in [-0.05, 0) is 63.8 Å². The zero-order valence-corrected chi connectivity index (χ0v) is 38.6. The van der Waals surface area contributed by atoms with Gasteiger partial charge in [0, 0.05) is 43.1 Å². The SMILES string of the molecule is CCCCN(CC)C(=O)c1cccc(C)c1N=Nc1c(C(C)(C)C)nn(-c2cc(-n3nc(C(C)(C)C)c(N=Nc4c(C)cccc4C(=O)N(CC)CCCC)c3N)ncn2)c1N. The third-order valence-corrected chi connectivity index (χ3v) is 10.6. The molecule has 0 saturated heterocycles. The summed E-state index contributed by atoms with van der Waals surface area (Å²) in [5.41, 5.74) is 18.1. The molecule has 330 valence electrons. The Morgan fingerprint density at radius 3 is 1.32 bits per heavy atom. The number of hydrogen-bond donors (Lipinski definition) is 2. The lowest BCUT2D eigenvalue weighted by Gasteiger charge is -2.21. The number of nitrogen functional groups attached to an aromatic ring is 2. The monoisotopic (exact) mass is 845 g/mol. The quantitative estimate of drug-likeness (QED) is 0.0912. The second-order valence-corrected chi connectivity index (χ2v) is 17.5. The van der Waals surface area contributed by atoms with Gasteiger partial charge in [-0.1, -0.05) is 92.5 Å². The van der Waals surface area contributed by atoms with E-state index in [1.807, 2.05) is 103 Å². The van der Waals surface area contributed by atoms with Gasteiger partial charge in [-0.15, -0.1) is 20.5 Å². The largest absolute Gasteiger partial charge is 0.382 e. The van der Waals surface area contributed by atoms with Gasteiger partial charge in [-0.2, -0.15) is 19.6 Å². The fraction of sp³-hybridized carbons (Fsp3) is 0.478. The Hall–Kier alpha value is -6.32. The van der Waals surface area contributed by atoms with E-state index in [0.717, 1.165) is 36.8 Å². The minimum Gasteiger partial charge on any atom is -0.382 e. The first-order chi connectivity index (χ1) is 29.4. The summed E-state index contributed by atoms with van der Waals surface area (Å²) >= 11 is 0. The average Bonchev–Trinajstić information content (AvgIpc) is 3.76. The summed E-state index contributed by atoms with van der Waals surface area (Å²) in [5, 5.41) is 28.6. The van der Waals surface area contributed by atoms with Gasteiger partial charge >= 0.3 is 0 Å². The molecule has 16 heteroatoms. The molecule has 3 heterocycles. The van der Waals surface area contributed by atoms with Crippen LogP contribution in [0.5, 0.6) is 0 Å². The van der Waals surface area contributed by atoms with Crippen LogP contribution in [0.1, 0.15) is 138 Å². The molecule has 2 aromatic carbocycles. The average molecular weight is 845 g/mol. The Morgan fingerprint density at radius 1 is 0.613 bits per heavy atom. The number of aryl methyl sites for hydroxylation is 2.